The van der Waals surface area contributed by atoms with Gasteiger partial charge in [-0.05, 0) is 25.1 Å². The molecule has 0 fully saturated rings. The first kappa shape index (κ1) is 19.7. The first-order valence-corrected chi connectivity index (χ1v) is 10.1. The molecule has 146 valence electrons. The second-order valence-electron chi connectivity index (χ2n) is 5.74. The normalized spacial score (nSPS) is 10.5. The number of amides is 4. The van der Waals surface area contributed by atoms with Crippen LogP contribution in [0.3, 0.4) is 0 Å². The molecule has 0 aliphatic rings. The van der Waals surface area contributed by atoms with E-state index in [0.29, 0.717) is 28.2 Å². The molecule has 0 unspecified atom stereocenters. The van der Waals surface area contributed by atoms with Crippen molar-refractivity contribution in [3.63, 3.8) is 0 Å². The Kier molecular flexibility index (Phi) is 6.16. The van der Waals surface area contributed by atoms with Crippen molar-refractivity contribution < 1.29 is 14.4 Å². The van der Waals surface area contributed by atoms with Gasteiger partial charge in [0, 0.05) is 24.5 Å². The molecule has 3 rings (SSSR count). The van der Waals surface area contributed by atoms with Crippen LogP contribution in [0, 0.1) is 0 Å². The summed E-state index contributed by atoms with van der Waals surface area (Å²) in [6.07, 6.45) is 0.0980. The van der Waals surface area contributed by atoms with Crippen LogP contribution in [-0.2, 0) is 16.0 Å². The lowest BCUT2D eigenvalue weighted by Gasteiger charge is -2.03. The van der Waals surface area contributed by atoms with Crippen molar-refractivity contribution in [3.05, 3.63) is 29.3 Å². The van der Waals surface area contributed by atoms with Crippen LogP contribution >= 0.6 is 22.7 Å². The topological polar surface area (TPSA) is 125 Å². The molecule has 0 aliphatic carbocycles. The predicted molar refractivity (Wildman–Crippen MR) is 111 cm³/mol. The molecule has 9 nitrogen and oxygen atoms in total. The van der Waals surface area contributed by atoms with Gasteiger partial charge in [0.1, 0.15) is 0 Å². The smallest absolute Gasteiger partial charge is 0.321 e. The minimum absolute atomic E-state index is 0.0980. The van der Waals surface area contributed by atoms with Gasteiger partial charge in [-0.3, -0.25) is 14.9 Å². The molecule has 0 spiro atoms. The van der Waals surface area contributed by atoms with E-state index in [1.807, 2.05) is 6.92 Å². The van der Waals surface area contributed by atoms with E-state index in [-0.39, 0.29) is 24.3 Å². The van der Waals surface area contributed by atoms with Gasteiger partial charge < -0.3 is 16.0 Å². The second-order valence-corrected chi connectivity index (χ2v) is 7.62. The molecule has 0 radical (unpaired) electrons. The van der Waals surface area contributed by atoms with Crippen molar-refractivity contribution in [2.75, 3.05) is 22.5 Å². The molecular formula is C17H18N6O3S2. The van der Waals surface area contributed by atoms with E-state index < -0.39 is 0 Å². The van der Waals surface area contributed by atoms with E-state index in [4.69, 9.17) is 0 Å². The van der Waals surface area contributed by atoms with E-state index in [2.05, 4.69) is 31.2 Å². The molecule has 2 aromatic heterocycles. The summed E-state index contributed by atoms with van der Waals surface area (Å²) >= 11 is 2.59. The maximum Gasteiger partial charge on any atom is 0.321 e. The molecule has 28 heavy (non-hydrogen) atoms. The van der Waals surface area contributed by atoms with Crippen molar-refractivity contribution >= 4 is 66.7 Å². The lowest BCUT2D eigenvalue weighted by atomic mass is 10.2. The van der Waals surface area contributed by atoms with Gasteiger partial charge in [0.25, 0.3) is 0 Å². The minimum Gasteiger partial charge on any atom is -0.338 e. The van der Waals surface area contributed by atoms with Crippen LogP contribution in [0.4, 0.5) is 20.7 Å². The molecule has 4 N–H and O–H groups in total. The van der Waals surface area contributed by atoms with E-state index in [9.17, 15) is 14.4 Å². The number of anilines is 3. The van der Waals surface area contributed by atoms with Gasteiger partial charge >= 0.3 is 6.03 Å². The standard InChI is InChI=1S/C17H18N6O3S2/c1-3-18-15(26)23-17-22-12-5-4-10(6-13(12)28-17)20-14(25)7-11-8-27-16(21-11)19-9(2)24/h4-6,8H,3,7H2,1-2H3,(H,20,25)(H,19,21,24)(H2,18,22,23,26). The second kappa shape index (κ2) is 8.76. The number of carbonyl (C=O) groups excluding carboxylic acids is 3. The minimum atomic E-state index is -0.308. The molecule has 3 aromatic rings. The van der Waals surface area contributed by atoms with Crippen molar-refractivity contribution in [1.29, 1.82) is 0 Å². The van der Waals surface area contributed by atoms with E-state index in [0.717, 1.165) is 10.2 Å². The van der Waals surface area contributed by atoms with Gasteiger partial charge in [-0.25, -0.2) is 14.8 Å². The molecular weight excluding hydrogens is 400 g/mol. The van der Waals surface area contributed by atoms with Crippen LogP contribution < -0.4 is 21.3 Å². The van der Waals surface area contributed by atoms with Crippen LogP contribution in [0.15, 0.2) is 23.6 Å². The molecule has 1 aromatic carbocycles. The Morgan fingerprint density at radius 1 is 1.07 bits per heavy atom. The summed E-state index contributed by atoms with van der Waals surface area (Å²) in [4.78, 5) is 43.4. The fourth-order valence-corrected chi connectivity index (χ4v) is 3.98. The van der Waals surface area contributed by atoms with Gasteiger partial charge in [0.15, 0.2) is 10.3 Å². The highest BCUT2D eigenvalue weighted by atomic mass is 32.1. The van der Waals surface area contributed by atoms with Crippen LogP contribution in [-0.4, -0.2) is 34.4 Å². The zero-order chi connectivity index (χ0) is 20.1. The highest BCUT2D eigenvalue weighted by Crippen LogP contribution is 2.28. The molecule has 0 aliphatic heterocycles. The predicted octanol–water partition coefficient (Wildman–Crippen LogP) is 3.03. The van der Waals surface area contributed by atoms with Gasteiger partial charge in [-0.2, -0.15) is 0 Å². The van der Waals surface area contributed by atoms with Crippen molar-refractivity contribution in [2.24, 2.45) is 0 Å². The number of rotatable bonds is 6. The third-order valence-corrected chi connectivity index (χ3v) is 5.15. The Balaban J connectivity index is 1.63. The fourth-order valence-electron chi connectivity index (χ4n) is 2.32. The summed E-state index contributed by atoms with van der Waals surface area (Å²) in [5, 5.41) is 13.4. The van der Waals surface area contributed by atoms with Crippen molar-refractivity contribution in [2.45, 2.75) is 20.3 Å². The van der Waals surface area contributed by atoms with E-state index in [1.165, 1.54) is 29.6 Å². The average Bonchev–Trinajstić information content (AvgIpc) is 3.20. The van der Waals surface area contributed by atoms with Crippen molar-refractivity contribution in [1.82, 2.24) is 15.3 Å². The van der Waals surface area contributed by atoms with Crippen LogP contribution in [0.2, 0.25) is 0 Å². The maximum atomic E-state index is 12.3. The molecule has 0 bridgehead atoms. The van der Waals surface area contributed by atoms with Crippen molar-refractivity contribution in [3.8, 4) is 0 Å². The first-order chi connectivity index (χ1) is 13.4. The van der Waals surface area contributed by atoms with Gasteiger partial charge in [0.2, 0.25) is 11.8 Å². The summed E-state index contributed by atoms with van der Waals surface area (Å²) < 4.78 is 0.839. The zero-order valence-corrected chi connectivity index (χ0v) is 16.8. The number of hydrogen-bond acceptors (Lipinski definition) is 7. The number of nitrogens with one attached hydrogen (secondary N) is 4. The largest absolute Gasteiger partial charge is 0.338 e. The summed E-state index contributed by atoms with van der Waals surface area (Å²) in [6.45, 7) is 3.76. The van der Waals surface area contributed by atoms with Crippen LogP contribution in [0.25, 0.3) is 10.2 Å². The highest BCUT2D eigenvalue weighted by molar-refractivity contribution is 7.22. The van der Waals surface area contributed by atoms with Gasteiger partial charge in [0.05, 0.1) is 22.3 Å². The van der Waals surface area contributed by atoms with Crippen LogP contribution in [0.1, 0.15) is 19.5 Å². The summed E-state index contributed by atoms with van der Waals surface area (Å²) in [7, 11) is 0. The Bertz CT molecular complexity index is 1030. The third-order valence-electron chi connectivity index (χ3n) is 3.41. The zero-order valence-electron chi connectivity index (χ0n) is 15.2. The number of hydrogen-bond donors (Lipinski definition) is 4. The van der Waals surface area contributed by atoms with Gasteiger partial charge in [-0.1, -0.05) is 11.3 Å². The number of nitrogens with zero attached hydrogens (tertiary/aromatic N) is 2. The number of fused-ring (bicyclic) bond motifs is 1. The molecule has 2 heterocycles. The van der Waals surface area contributed by atoms with E-state index in [1.54, 1.807) is 23.6 Å². The molecule has 0 saturated heterocycles. The fraction of sp³-hybridized carbons (Fsp3) is 0.235. The molecule has 0 saturated carbocycles. The molecule has 0 atom stereocenters. The number of carbonyl (C=O) groups is 3. The Morgan fingerprint density at radius 3 is 2.64 bits per heavy atom. The number of urea groups is 1. The number of aromatic nitrogens is 2. The third kappa shape index (κ3) is 5.24. The monoisotopic (exact) mass is 418 g/mol. The lowest BCUT2D eigenvalue weighted by molar-refractivity contribution is -0.116. The Morgan fingerprint density at radius 2 is 1.89 bits per heavy atom. The molecule has 4 amide bonds. The quantitative estimate of drug-likeness (QED) is 0.490. The van der Waals surface area contributed by atoms with Crippen LogP contribution in [0.5, 0.6) is 0 Å². The molecule has 11 heteroatoms. The van der Waals surface area contributed by atoms with E-state index >= 15 is 0 Å². The first-order valence-electron chi connectivity index (χ1n) is 8.40. The summed E-state index contributed by atoms with van der Waals surface area (Å²) in [5.74, 6) is -0.423. The Labute approximate surface area is 168 Å². The highest BCUT2D eigenvalue weighted by Gasteiger charge is 2.11. The lowest BCUT2D eigenvalue weighted by Crippen LogP contribution is -2.28. The summed E-state index contributed by atoms with van der Waals surface area (Å²) in [5.41, 5.74) is 1.94. The number of benzene rings is 1. The SMILES string of the molecule is CCNC(=O)Nc1nc2ccc(NC(=O)Cc3csc(NC(C)=O)n3)cc2s1. The summed E-state index contributed by atoms with van der Waals surface area (Å²) in [6, 6.07) is 5.02. The number of thiazole rings is 2. The Hall–Kier alpha value is -3.05. The average molecular weight is 419 g/mol. The van der Waals surface area contributed by atoms with Gasteiger partial charge in [-0.15, -0.1) is 11.3 Å². The maximum absolute atomic E-state index is 12.3.